The Morgan fingerprint density at radius 2 is 1.66 bits per heavy atom. The van der Waals surface area contributed by atoms with Gasteiger partial charge in [-0.1, -0.05) is 79.2 Å². The van der Waals surface area contributed by atoms with Crippen molar-refractivity contribution in [3.05, 3.63) is 101 Å². The summed E-state index contributed by atoms with van der Waals surface area (Å²) in [4.78, 5) is 28.4. The number of hydrogen-bond acceptors (Lipinski definition) is 3. The number of hydrogen-bond donors (Lipinski definition) is 1. The Bertz CT molecular complexity index is 1130. The van der Waals surface area contributed by atoms with Crippen molar-refractivity contribution in [2.45, 2.75) is 45.3 Å². The fourth-order valence-corrected chi connectivity index (χ4v) is 3.78. The van der Waals surface area contributed by atoms with Crippen molar-refractivity contribution in [1.82, 2.24) is 10.2 Å². The lowest BCUT2D eigenvalue weighted by atomic mass is 10.0. The van der Waals surface area contributed by atoms with E-state index < -0.39 is 24.4 Å². The van der Waals surface area contributed by atoms with Gasteiger partial charge in [0, 0.05) is 24.0 Å². The van der Waals surface area contributed by atoms with Crippen molar-refractivity contribution in [3.63, 3.8) is 0 Å². The van der Waals surface area contributed by atoms with Crippen molar-refractivity contribution < 1.29 is 18.7 Å². The Kier molecular flexibility index (Phi) is 9.67. The molecule has 184 valence electrons. The lowest BCUT2D eigenvalue weighted by Crippen LogP contribution is -2.53. The van der Waals surface area contributed by atoms with Gasteiger partial charge in [-0.15, -0.1) is 0 Å². The van der Waals surface area contributed by atoms with Crippen LogP contribution in [0.15, 0.2) is 78.9 Å². The molecule has 0 aliphatic carbocycles. The molecular formula is C28H30ClFN2O3. The van der Waals surface area contributed by atoms with Crippen LogP contribution in [0.25, 0.3) is 0 Å². The molecule has 0 bridgehead atoms. The number of carbonyl (C=O) groups is 2. The van der Waals surface area contributed by atoms with Gasteiger partial charge in [0.05, 0.1) is 0 Å². The predicted octanol–water partition coefficient (Wildman–Crippen LogP) is 5.41. The van der Waals surface area contributed by atoms with E-state index in [9.17, 15) is 14.0 Å². The number of nitrogens with zero attached hydrogens (tertiary/aromatic N) is 1. The van der Waals surface area contributed by atoms with E-state index in [0.717, 1.165) is 12.0 Å². The molecule has 2 unspecified atom stereocenters. The van der Waals surface area contributed by atoms with Crippen LogP contribution in [0.5, 0.6) is 5.75 Å². The number of nitrogens with one attached hydrogen (secondary N) is 1. The Morgan fingerprint density at radius 3 is 2.34 bits per heavy atom. The largest absolute Gasteiger partial charge is 0.481 e. The van der Waals surface area contributed by atoms with Crippen molar-refractivity contribution >= 4 is 23.4 Å². The van der Waals surface area contributed by atoms with E-state index >= 15 is 0 Å². The zero-order chi connectivity index (χ0) is 25.2. The van der Waals surface area contributed by atoms with Gasteiger partial charge in [0.15, 0.2) is 18.2 Å². The highest BCUT2D eigenvalue weighted by molar-refractivity contribution is 6.31. The minimum Gasteiger partial charge on any atom is -0.481 e. The average molecular weight is 497 g/mol. The van der Waals surface area contributed by atoms with Crippen LogP contribution in [0.1, 0.15) is 31.4 Å². The molecule has 0 saturated carbocycles. The van der Waals surface area contributed by atoms with Crippen LogP contribution >= 0.6 is 11.6 Å². The first-order chi connectivity index (χ1) is 16.9. The molecule has 0 aliphatic heterocycles. The van der Waals surface area contributed by atoms with E-state index in [4.69, 9.17) is 16.3 Å². The third-order valence-corrected chi connectivity index (χ3v) is 6.13. The Balaban J connectivity index is 1.93. The molecule has 0 aromatic heterocycles. The molecule has 35 heavy (non-hydrogen) atoms. The van der Waals surface area contributed by atoms with Crippen molar-refractivity contribution in [3.8, 4) is 5.75 Å². The molecule has 0 spiro atoms. The van der Waals surface area contributed by atoms with Crippen LogP contribution in [0.2, 0.25) is 5.02 Å². The number of amides is 2. The van der Waals surface area contributed by atoms with E-state index in [0.29, 0.717) is 17.0 Å². The van der Waals surface area contributed by atoms with E-state index in [-0.39, 0.29) is 24.2 Å². The summed E-state index contributed by atoms with van der Waals surface area (Å²) in [5.41, 5.74) is 1.60. The molecular weight excluding hydrogens is 467 g/mol. The topological polar surface area (TPSA) is 58.6 Å². The first-order valence-corrected chi connectivity index (χ1v) is 12.0. The number of ether oxygens (including phenoxy) is 1. The molecule has 2 atom stereocenters. The summed E-state index contributed by atoms with van der Waals surface area (Å²) >= 11 is 6.40. The van der Waals surface area contributed by atoms with Gasteiger partial charge < -0.3 is 15.0 Å². The zero-order valence-electron chi connectivity index (χ0n) is 19.9. The monoisotopic (exact) mass is 496 g/mol. The molecule has 5 nitrogen and oxygen atoms in total. The normalized spacial score (nSPS) is 12.5. The molecule has 3 aromatic rings. The smallest absolute Gasteiger partial charge is 0.261 e. The number of benzene rings is 3. The maximum atomic E-state index is 14.1. The summed E-state index contributed by atoms with van der Waals surface area (Å²) in [6.45, 7) is 3.57. The number of rotatable bonds is 11. The van der Waals surface area contributed by atoms with Crippen LogP contribution in [0, 0.1) is 5.82 Å². The van der Waals surface area contributed by atoms with Gasteiger partial charge in [0.1, 0.15) is 6.04 Å². The summed E-state index contributed by atoms with van der Waals surface area (Å²) in [6.07, 6.45) is 1.05. The number of halogens is 2. The van der Waals surface area contributed by atoms with Crippen LogP contribution in [-0.4, -0.2) is 35.4 Å². The minimum atomic E-state index is -0.820. The molecule has 0 fully saturated rings. The average Bonchev–Trinajstić information content (AvgIpc) is 2.87. The molecule has 1 N–H and O–H groups in total. The Labute approximate surface area is 210 Å². The molecule has 0 saturated heterocycles. The number of carbonyl (C=O) groups excluding carboxylic acids is 2. The summed E-state index contributed by atoms with van der Waals surface area (Å²) < 4.78 is 19.6. The lowest BCUT2D eigenvalue weighted by Gasteiger charge is -2.32. The fraction of sp³-hybridized carbons (Fsp3) is 0.286. The third-order valence-electron chi connectivity index (χ3n) is 5.76. The van der Waals surface area contributed by atoms with Crippen molar-refractivity contribution in [2.75, 3.05) is 6.61 Å². The zero-order valence-corrected chi connectivity index (χ0v) is 20.7. The predicted molar refractivity (Wildman–Crippen MR) is 136 cm³/mol. The first kappa shape index (κ1) is 26.2. The van der Waals surface area contributed by atoms with Gasteiger partial charge in [0.2, 0.25) is 5.91 Å². The summed E-state index contributed by atoms with van der Waals surface area (Å²) in [6, 6.07) is 21.7. The second-order valence-electron chi connectivity index (χ2n) is 8.36. The highest BCUT2D eigenvalue weighted by Gasteiger charge is 2.31. The van der Waals surface area contributed by atoms with E-state index in [1.807, 2.05) is 56.3 Å². The molecule has 3 rings (SSSR count). The lowest BCUT2D eigenvalue weighted by molar-refractivity contribution is -0.143. The SMILES string of the molecule is CCC(C)NC(=O)C(Cc1ccccc1)N(Cc1ccccc1Cl)C(=O)COc1ccccc1F. The van der Waals surface area contributed by atoms with Crippen LogP contribution < -0.4 is 10.1 Å². The first-order valence-electron chi connectivity index (χ1n) is 11.6. The molecule has 0 heterocycles. The van der Waals surface area contributed by atoms with Gasteiger partial charge >= 0.3 is 0 Å². The highest BCUT2D eigenvalue weighted by Crippen LogP contribution is 2.21. The highest BCUT2D eigenvalue weighted by atomic mass is 35.5. The third kappa shape index (κ3) is 7.55. The van der Waals surface area contributed by atoms with E-state index in [2.05, 4.69) is 5.32 Å². The Hall–Kier alpha value is -3.38. The molecule has 2 amide bonds. The summed E-state index contributed by atoms with van der Waals surface area (Å²) in [7, 11) is 0. The van der Waals surface area contributed by atoms with Gasteiger partial charge in [0.25, 0.3) is 5.91 Å². The van der Waals surface area contributed by atoms with Gasteiger partial charge in [-0.3, -0.25) is 9.59 Å². The molecule has 0 radical (unpaired) electrons. The standard InChI is InChI=1S/C28H30ClFN2O3/c1-3-20(2)31-28(34)25(17-21-11-5-4-6-12-21)32(18-22-13-7-8-14-23(22)29)27(33)19-35-26-16-10-9-15-24(26)30/h4-16,20,25H,3,17-19H2,1-2H3,(H,31,34). The molecule has 0 aliphatic rings. The Morgan fingerprint density at radius 1 is 1.00 bits per heavy atom. The minimum absolute atomic E-state index is 0.0257. The maximum absolute atomic E-state index is 14.1. The summed E-state index contributed by atoms with van der Waals surface area (Å²) in [5, 5.41) is 3.49. The van der Waals surface area contributed by atoms with Crippen molar-refractivity contribution in [1.29, 1.82) is 0 Å². The van der Waals surface area contributed by atoms with E-state index in [1.54, 1.807) is 24.3 Å². The van der Waals surface area contributed by atoms with Crippen molar-refractivity contribution in [2.24, 2.45) is 0 Å². The van der Waals surface area contributed by atoms with E-state index in [1.165, 1.54) is 17.0 Å². The van der Waals surface area contributed by atoms with Crippen LogP contribution in [0.3, 0.4) is 0 Å². The quantitative estimate of drug-likeness (QED) is 0.386. The van der Waals surface area contributed by atoms with Gasteiger partial charge in [-0.2, -0.15) is 0 Å². The van der Waals surface area contributed by atoms with Gasteiger partial charge in [-0.25, -0.2) is 4.39 Å². The fourth-order valence-electron chi connectivity index (χ4n) is 3.59. The second kappa shape index (κ2) is 12.9. The summed E-state index contributed by atoms with van der Waals surface area (Å²) in [5.74, 6) is -1.31. The molecule has 3 aromatic carbocycles. The van der Waals surface area contributed by atoms with Gasteiger partial charge in [-0.05, 0) is 42.7 Å². The van der Waals surface area contributed by atoms with Crippen LogP contribution in [0.4, 0.5) is 4.39 Å². The van der Waals surface area contributed by atoms with Crippen LogP contribution in [-0.2, 0) is 22.6 Å². The maximum Gasteiger partial charge on any atom is 0.261 e. The molecule has 7 heteroatoms. The number of para-hydroxylation sites is 1. The second-order valence-corrected chi connectivity index (χ2v) is 8.76.